The molecule has 2 aromatic rings. The minimum Gasteiger partial charge on any atom is -0.491 e. The first-order chi connectivity index (χ1) is 11.0. The third-order valence-electron chi connectivity index (χ3n) is 4.05. The van der Waals surface area contributed by atoms with E-state index >= 15 is 0 Å². The molecule has 3 rings (SSSR count). The Bertz CT molecular complexity index is 799. The second-order valence-corrected chi connectivity index (χ2v) is 5.83. The Balaban J connectivity index is 1.83. The van der Waals surface area contributed by atoms with Crippen molar-refractivity contribution in [3.63, 3.8) is 0 Å². The maximum atomic E-state index is 12.4. The Kier molecular flexibility index (Phi) is 3.92. The minimum absolute atomic E-state index is 0.178. The van der Waals surface area contributed by atoms with Crippen LogP contribution in [0.1, 0.15) is 15.9 Å². The molecular formula is C17H18N2O4. The summed E-state index contributed by atoms with van der Waals surface area (Å²) < 4.78 is 7.06. The van der Waals surface area contributed by atoms with E-state index in [0.717, 1.165) is 11.3 Å². The monoisotopic (exact) mass is 314 g/mol. The van der Waals surface area contributed by atoms with Crippen LogP contribution in [-0.4, -0.2) is 34.3 Å². The van der Waals surface area contributed by atoms with E-state index in [9.17, 15) is 14.7 Å². The van der Waals surface area contributed by atoms with Crippen LogP contribution >= 0.6 is 0 Å². The van der Waals surface area contributed by atoms with Gasteiger partial charge in [0.25, 0.3) is 11.5 Å². The van der Waals surface area contributed by atoms with Crippen molar-refractivity contribution < 1.29 is 14.6 Å². The number of nitrogens with one attached hydrogen (secondary N) is 1. The molecule has 1 aliphatic rings. The molecule has 1 aromatic carbocycles. The molecule has 2 N–H and O–H groups in total. The third kappa shape index (κ3) is 2.98. The summed E-state index contributed by atoms with van der Waals surface area (Å²) in [6.45, 7) is -0.0744. The molecule has 0 saturated heterocycles. The third-order valence-corrected chi connectivity index (χ3v) is 4.05. The lowest BCUT2D eigenvalue weighted by molar-refractivity contribution is 0.0653. The van der Waals surface area contributed by atoms with Gasteiger partial charge in [-0.25, -0.2) is 0 Å². The highest BCUT2D eigenvalue weighted by Crippen LogP contribution is 2.29. The smallest absolute Gasteiger partial charge is 0.252 e. The van der Waals surface area contributed by atoms with Gasteiger partial charge in [-0.2, -0.15) is 0 Å². The van der Waals surface area contributed by atoms with Crippen molar-refractivity contribution in [3.05, 3.63) is 64.1 Å². The number of benzene rings is 1. The summed E-state index contributed by atoms with van der Waals surface area (Å²) in [5, 5.41) is 12.6. The Morgan fingerprint density at radius 1 is 1.39 bits per heavy atom. The molecule has 1 amide bonds. The van der Waals surface area contributed by atoms with E-state index in [1.807, 2.05) is 24.3 Å². The number of aliphatic hydroxyl groups excluding tert-OH is 1. The number of nitrogens with zero attached hydrogens (tertiary/aromatic N) is 1. The zero-order chi connectivity index (χ0) is 16.4. The molecule has 120 valence electrons. The van der Waals surface area contributed by atoms with Crippen molar-refractivity contribution in [1.29, 1.82) is 0 Å². The molecule has 0 radical (unpaired) electrons. The number of carbonyl (C=O) groups excluding carboxylic acids is 1. The lowest BCUT2D eigenvalue weighted by Gasteiger charge is -2.37. The average molecular weight is 314 g/mol. The fourth-order valence-electron chi connectivity index (χ4n) is 2.65. The lowest BCUT2D eigenvalue weighted by atomic mass is 9.89. The normalized spacial score (nSPS) is 19.6. The first-order valence-corrected chi connectivity index (χ1v) is 7.34. The number of pyridine rings is 1. The van der Waals surface area contributed by atoms with Crippen molar-refractivity contribution in [1.82, 2.24) is 9.88 Å². The number of carbonyl (C=O) groups is 1. The fourth-order valence-corrected chi connectivity index (χ4v) is 2.65. The van der Waals surface area contributed by atoms with Gasteiger partial charge in [0.15, 0.2) is 0 Å². The molecular weight excluding hydrogens is 296 g/mol. The van der Waals surface area contributed by atoms with Gasteiger partial charge in [0, 0.05) is 31.3 Å². The van der Waals surface area contributed by atoms with E-state index in [0.29, 0.717) is 6.42 Å². The van der Waals surface area contributed by atoms with Crippen LogP contribution in [0.4, 0.5) is 0 Å². The molecule has 1 unspecified atom stereocenters. The molecule has 6 heteroatoms. The predicted molar refractivity (Wildman–Crippen MR) is 84.6 cm³/mol. The number of fused-ring (bicyclic) bond motifs is 1. The van der Waals surface area contributed by atoms with Crippen LogP contribution < -0.4 is 15.6 Å². The second kappa shape index (κ2) is 5.89. The van der Waals surface area contributed by atoms with E-state index < -0.39 is 11.4 Å². The van der Waals surface area contributed by atoms with Gasteiger partial charge in [-0.15, -0.1) is 0 Å². The van der Waals surface area contributed by atoms with E-state index in [1.165, 1.54) is 16.8 Å². The average Bonchev–Trinajstić information content (AvgIpc) is 2.57. The van der Waals surface area contributed by atoms with Crippen LogP contribution in [0.25, 0.3) is 0 Å². The highest BCUT2D eigenvalue weighted by molar-refractivity contribution is 5.94. The van der Waals surface area contributed by atoms with Gasteiger partial charge < -0.3 is 19.7 Å². The zero-order valence-electron chi connectivity index (χ0n) is 12.8. The summed E-state index contributed by atoms with van der Waals surface area (Å²) in [6.07, 6.45) is 2.01. The van der Waals surface area contributed by atoms with Gasteiger partial charge in [0.2, 0.25) is 0 Å². The number of ether oxygens (including phenoxy) is 1. The highest BCUT2D eigenvalue weighted by atomic mass is 16.5. The maximum Gasteiger partial charge on any atom is 0.252 e. The summed E-state index contributed by atoms with van der Waals surface area (Å²) in [7, 11) is 1.62. The van der Waals surface area contributed by atoms with Crippen LogP contribution in [0.3, 0.4) is 0 Å². The topological polar surface area (TPSA) is 80.6 Å². The molecule has 23 heavy (non-hydrogen) atoms. The van der Waals surface area contributed by atoms with Crippen LogP contribution in [0, 0.1) is 0 Å². The first kappa shape index (κ1) is 15.3. The van der Waals surface area contributed by atoms with Crippen LogP contribution in [-0.2, 0) is 13.5 Å². The number of aryl methyl sites for hydroxylation is 1. The molecule has 1 atom stereocenters. The summed E-state index contributed by atoms with van der Waals surface area (Å²) in [4.78, 5) is 24.1. The zero-order valence-corrected chi connectivity index (χ0v) is 12.8. The molecule has 2 heterocycles. The molecule has 0 bridgehead atoms. The Morgan fingerprint density at radius 2 is 2.17 bits per heavy atom. The number of aromatic nitrogens is 1. The van der Waals surface area contributed by atoms with Crippen LogP contribution in [0.15, 0.2) is 47.4 Å². The standard InChI is InChI=1S/C17H18N2O4/c1-19-7-6-12(8-15(19)21)16(22)18-17(10-20)9-13-4-2-3-5-14(13)23-11-17/h2-8,20H,9-11H2,1H3,(H,18,22). The largest absolute Gasteiger partial charge is 0.491 e. The first-order valence-electron chi connectivity index (χ1n) is 7.34. The summed E-state index contributed by atoms with van der Waals surface area (Å²) in [6, 6.07) is 10.4. The molecule has 1 aliphatic heterocycles. The quantitative estimate of drug-likeness (QED) is 0.863. The number of aliphatic hydroxyl groups is 1. The summed E-state index contributed by atoms with van der Waals surface area (Å²) >= 11 is 0. The fraction of sp³-hybridized carbons (Fsp3) is 0.294. The van der Waals surface area contributed by atoms with E-state index in [2.05, 4.69) is 5.32 Å². The van der Waals surface area contributed by atoms with Gasteiger partial charge in [-0.05, 0) is 17.7 Å². The van der Waals surface area contributed by atoms with Crippen molar-refractivity contribution in [2.24, 2.45) is 7.05 Å². The number of amides is 1. The van der Waals surface area contributed by atoms with Crippen molar-refractivity contribution in [2.45, 2.75) is 12.0 Å². The van der Waals surface area contributed by atoms with E-state index in [1.54, 1.807) is 13.1 Å². The number of hydrogen-bond acceptors (Lipinski definition) is 4. The van der Waals surface area contributed by atoms with Gasteiger partial charge in [-0.1, -0.05) is 18.2 Å². The van der Waals surface area contributed by atoms with Crippen LogP contribution in [0.5, 0.6) is 5.75 Å². The Morgan fingerprint density at radius 3 is 2.91 bits per heavy atom. The SMILES string of the molecule is Cn1ccc(C(=O)NC2(CO)COc3ccccc3C2)cc1=O. The molecule has 0 aliphatic carbocycles. The number of para-hydroxylation sites is 1. The van der Waals surface area contributed by atoms with Crippen molar-refractivity contribution >= 4 is 5.91 Å². The number of hydrogen-bond donors (Lipinski definition) is 2. The molecule has 0 spiro atoms. The van der Waals surface area contributed by atoms with Gasteiger partial charge in [-0.3, -0.25) is 9.59 Å². The van der Waals surface area contributed by atoms with Gasteiger partial charge >= 0.3 is 0 Å². The molecule has 0 saturated carbocycles. The predicted octanol–water partition coefficient (Wildman–Crippen LogP) is 0.481. The van der Waals surface area contributed by atoms with E-state index in [-0.39, 0.29) is 24.3 Å². The Hall–Kier alpha value is -2.60. The van der Waals surface area contributed by atoms with Gasteiger partial charge in [0.1, 0.15) is 17.9 Å². The Labute approximate surface area is 133 Å². The summed E-state index contributed by atoms with van der Waals surface area (Å²) in [5.41, 5.74) is 0.0322. The summed E-state index contributed by atoms with van der Waals surface area (Å²) in [5.74, 6) is 0.360. The van der Waals surface area contributed by atoms with E-state index in [4.69, 9.17) is 4.74 Å². The minimum atomic E-state index is -0.896. The van der Waals surface area contributed by atoms with Gasteiger partial charge in [0.05, 0.1) is 6.61 Å². The molecule has 1 aromatic heterocycles. The lowest BCUT2D eigenvalue weighted by Crippen LogP contribution is -2.58. The van der Waals surface area contributed by atoms with Crippen molar-refractivity contribution in [3.8, 4) is 5.75 Å². The molecule has 0 fully saturated rings. The van der Waals surface area contributed by atoms with Crippen molar-refractivity contribution in [2.75, 3.05) is 13.2 Å². The molecule has 6 nitrogen and oxygen atoms in total. The number of rotatable bonds is 3. The highest BCUT2D eigenvalue weighted by Gasteiger charge is 2.37. The maximum absolute atomic E-state index is 12.4. The second-order valence-electron chi connectivity index (χ2n) is 5.83. The van der Waals surface area contributed by atoms with Crippen LogP contribution in [0.2, 0.25) is 0 Å².